The minimum atomic E-state index is -1.24. The zero-order chi connectivity index (χ0) is 20.3. The van der Waals surface area contributed by atoms with Gasteiger partial charge in [0, 0.05) is 23.0 Å². The van der Waals surface area contributed by atoms with Gasteiger partial charge in [-0.2, -0.15) is 0 Å². The molecule has 1 heterocycles. The van der Waals surface area contributed by atoms with Gasteiger partial charge in [-0.25, -0.2) is 4.79 Å². The maximum Gasteiger partial charge on any atom is 0.339 e. The molecule has 0 atom stereocenters. The number of hydrogen-bond donors (Lipinski definition) is 0. The summed E-state index contributed by atoms with van der Waals surface area (Å²) in [6.07, 6.45) is -0.207. The van der Waals surface area contributed by atoms with Crippen LogP contribution in [0.1, 0.15) is 33.5 Å². The summed E-state index contributed by atoms with van der Waals surface area (Å²) in [6.45, 7) is 1.94. The van der Waals surface area contributed by atoms with Crippen LogP contribution in [0.25, 0.3) is 11.0 Å². The number of hydrogen-bond acceptors (Lipinski definition) is 7. The van der Waals surface area contributed by atoms with E-state index in [1.54, 1.807) is 37.3 Å². The third-order valence-corrected chi connectivity index (χ3v) is 4.43. The molecule has 0 spiro atoms. The Kier molecular flexibility index (Phi) is 5.44. The van der Waals surface area contributed by atoms with E-state index in [-0.39, 0.29) is 25.0 Å². The molecule has 0 aliphatic heterocycles. The number of aromatic carboxylic acids is 1. The van der Waals surface area contributed by atoms with E-state index in [9.17, 15) is 24.6 Å². The highest BCUT2D eigenvalue weighted by atomic mass is 16.5. The van der Waals surface area contributed by atoms with E-state index in [2.05, 4.69) is 0 Å². The minimum Gasteiger partial charge on any atom is -0.550 e. The molecule has 0 unspecified atom stereocenters. The average Bonchev–Trinajstić information content (AvgIpc) is 2.66. The van der Waals surface area contributed by atoms with Crippen molar-refractivity contribution in [2.75, 3.05) is 0 Å². The summed E-state index contributed by atoms with van der Waals surface area (Å²) in [7, 11) is 0. The number of benzene rings is 2. The van der Waals surface area contributed by atoms with Crippen LogP contribution in [-0.4, -0.2) is 11.9 Å². The Morgan fingerprint density at radius 2 is 1.79 bits per heavy atom. The third kappa shape index (κ3) is 4.20. The first-order valence-electron chi connectivity index (χ1n) is 8.54. The lowest BCUT2D eigenvalue weighted by molar-refractivity contribution is -0.305. The predicted octanol–water partition coefficient (Wildman–Crippen LogP) is 0.726. The molecule has 28 heavy (non-hydrogen) atoms. The summed E-state index contributed by atoms with van der Waals surface area (Å²) in [5.74, 6) is -2.00. The molecule has 3 aromatic rings. The van der Waals surface area contributed by atoms with Gasteiger partial charge in [0.05, 0.1) is 5.97 Å². The summed E-state index contributed by atoms with van der Waals surface area (Å²) < 4.78 is 11.0. The molecule has 7 heteroatoms. The van der Waals surface area contributed by atoms with Gasteiger partial charge in [0.2, 0.25) is 0 Å². The van der Waals surface area contributed by atoms with Crippen LogP contribution in [0, 0.1) is 6.92 Å². The molecule has 144 valence electrons. The second kappa shape index (κ2) is 7.96. The Morgan fingerprint density at radius 3 is 2.43 bits per heavy atom. The van der Waals surface area contributed by atoms with Crippen molar-refractivity contribution in [1.29, 1.82) is 0 Å². The fourth-order valence-corrected chi connectivity index (χ4v) is 2.88. The second-order valence-electron chi connectivity index (χ2n) is 6.30. The van der Waals surface area contributed by atoms with Gasteiger partial charge < -0.3 is 29.0 Å². The van der Waals surface area contributed by atoms with E-state index in [0.29, 0.717) is 27.8 Å². The van der Waals surface area contributed by atoms with E-state index in [1.165, 1.54) is 12.1 Å². The number of aryl methyl sites for hydroxylation is 1. The molecule has 0 saturated heterocycles. The van der Waals surface area contributed by atoms with E-state index in [0.717, 1.165) is 5.56 Å². The number of carboxylic acid groups (broad SMARTS) is 2. The molecule has 0 aliphatic rings. The van der Waals surface area contributed by atoms with Crippen molar-refractivity contribution < 1.29 is 29.0 Å². The molecule has 0 bridgehead atoms. The van der Waals surface area contributed by atoms with Crippen molar-refractivity contribution in [1.82, 2.24) is 0 Å². The van der Waals surface area contributed by atoms with Gasteiger partial charge in [-0.05, 0) is 48.6 Å². The van der Waals surface area contributed by atoms with Crippen LogP contribution in [0.3, 0.4) is 0 Å². The lowest BCUT2D eigenvalue weighted by atomic mass is 10.0. The van der Waals surface area contributed by atoms with Gasteiger partial charge in [0.1, 0.15) is 17.9 Å². The van der Waals surface area contributed by atoms with Crippen molar-refractivity contribution in [3.05, 3.63) is 75.1 Å². The van der Waals surface area contributed by atoms with Gasteiger partial charge in [0.25, 0.3) is 0 Å². The van der Waals surface area contributed by atoms with Crippen LogP contribution >= 0.6 is 0 Å². The van der Waals surface area contributed by atoms with E-state index >= 15 is 0 Å². The quantitative estimate of drug-likeness (QED) is 0.554. The highest BCUT2D eigenvalue weighted by Crippen LogP contribution is 2.25. The van der Waals surface area contributed by atoms with Crippen molar-refractivity contribution in [3.63, 3.8) is 0 Å². The van der Waals surface area contributed by atoms with Crippen LogP contribution in [0.4, 0.5) is 0 Å². The van der Waals surface area contributed by atoms with Crippen LogP contribution in [0.5, 0.6) is 5.75 Å². The number of ether oxygens (including phenoxy) is 1. The number of aliphatic carboxylic acids is 1. The van der Waals surface area contributed by atoms with Crippen molar-refractivity contribution in [3.8, 4) is 5.75 Å². The monoisotopic (exact) mass is 380 g/mol. The Bertz CT molecular complexity index is 1090. The van der Waals surface area contributed by atoms with Gasteiger partial charge in [-0.1, -0.05) is 24.3 Å². The number of carbonyl (C=O) groups excluding carboxylic acids is 2. The largest absolute Gasteiger partial charge is 0.550 e. The second-order valence-corrected chi connectivity index (χ2v) is 6.30. The highest BCUT2D eigenvalue weighted by Gasteiger charge is 2.12. The molecule has 0 radical (unpaired) electrons. The fourth-order valence-electron chi connectivity index (χ4n) is 2.88. The van der Waals surface area contributed by atoms with Gasteiger partial charge in [-0.15, -0.1) is 0 Å². The van der Waals surface area contributed by atoms with Crippen molar-refractivity contribution in [2.45, 2.75) is 26.4 Å². The summed E-state index contributed by atoms with van der Waals surface area (Å²) in [5, 5.41) is 22.1. The standard InChI is InChI=1S/C21H18O7/c1-12-16-7-6-15(27-11-13-2-4-14(5-3-13)20(24)25)10-18(16)28-21(26)17(12)8-9-19(22)23/h2-7,10H,8-9,11H2,1H3,(H,22,23)(H,24,25)/p-2. The summed E-state index contributed by atoms with van der Waals surface area (Å²) in [4.78, 5) is 33.6. The van der Waals surface area contributed by atoms with Crippen LogP contribution < -0.4 is 20.6 Å². The summed E-state index contributed by atoms with van der Waals surface area (Å²) in [5.41, 5.74) is 1.59. The molecule has 2 aromatic carbocycles. The van der Waals surface area contributed by atoms with E-state index < -0.39 is 17.6 Å². The normalized spacial score (nSPS) is 10.8. The molecule has 0 saturated carbocycles. The zero-order valence-electron chi connectivity index (χ0n) is 15.0. The molecular formula is C21H16O7-2. The fraction of sp³-hybridized carbons (Fsp3) is 0.190. The Hall–Kier alpha value is -3.61. The Morgan fingerprint density at radius 1 is 1.07 bits per heavy atom. The highest BCUT2D eigenvalue weighted by molar-refractivity contribution is 5.85. The lowest BCUT2D eigenvalue weighted by Crippen LogP contribution is -2.24. The molecule has 0 N–H and O–H groups in total. The lowest BCUT2D eigenvalue weighted by Gasteiger charge is -2.11. The van der Waals surface area contributed by atoms with Gasteiger partial charge in [-0.3, -0.25) is 0 Å². The summed E-state index contributed by atoms with van der Waals surface area (Å²) >= 11 is 0. The zero-order valence-corrected chi connectivity index (χ0v) is 15.0. The predicted molar refractivity (Wildman–Crippen MR) is 95.7 cm³/mol. The van der Waals surface area contributed by atoms with Crippen molar-refractivity contribution in [2.24, 2.45) is 0 Å². The Balaban J connectivity index is 1.80. The van der Waals surface area contributed by atoms with Gasteiger partial charge in [0.15, 0.2) is 0 Å². The smallest absolute Gasteiger partial charge is 0.339 e. The summed E-state index contributed by atoms with van der Waals surface area (Å²) in [6, 6.07) is 11.2. The molecule has 7 nitrogen and oxygen atoms in total. The van der Waals surface area contributed by atoms with Crippen LogP contribution in [-0.2, 0) is 17.8 Å². The van der Waals surface area contributed by atoms with E-state index in [4.69, 9.17) is 9.15 Å². The van der Waals surface area contributed by atoms with Crippen molar-refractivity contribution >= 4 is 22.9 Å². The number of carboxylic acids is 2. The molecule has 3 rings (SSSR count). The van der Waals surface area contributed by atoms with Crippen LogP contribution in [0.15, 0.2) is 51.7 Å². The first-order chi connectivity index (χ1) is 13.3. The average molecular weight is 380 g/mol. The molecular weight excluding hydrogens is 364 g/mol. The molecule has 0 aliphatic carbocycles. The SMILES string of the molecule is Cc1c(CCC(=O)[O-])c(=O)oc2cc(OCc3ccc(C(=O)[O-])cc3)ccc12. The number of rotatable bonds is 7. The maximum atomic E-state index is 12.2. The number of carbonyl (C=O) groups is 2. The van der Waals surface area contributed by atoms with E-state index in [1.807, 2.05) is 0 Å². The molecule has 0 fully saturated rings. The first kappa shape index (κ1) is 19.2. The Labute approximate surface area is 159 Å². The maximum absolute atomic E-state index is 12.2. The molecule has 0 amide bonds. The number of fused-ring (bicyclic) bond motifs is 1. The third-order valence-electron chi connectivity index (χ3n) is 4.43. The van der Waals surface area contributed by atoms with Crippen LogP contribution in [0.2, 0.25) is 0 Å². The minimum absolute atomic E-state index is 0.0482. The molecule has 1 aromatic heterocycles. The topological polar surface area (TPSA) is 120 Å². The first-order valence-corrected chi connectivity index (χ1v) is 8.54. The van der Waals surface area contributed by atoms with Gasteiger partial charge >= 0.3 is 5.63 Å².